The maximum atomic E-state index is 12.4. The molecule has 1 aliphatic rings. The van der Waals surface area contributed by atoms with E-state index in [1.54, 1.807) is 0 Å². The zero-order chi connectivity index (χ0) is 13.0. The first-order valence-electron chi connectivity index (χ1n) is 6.70. The number of Topliss-reactive ketones (excluding diaryl/α,β-unsaturated/α-hetero) is 1. The second-order valence-corrected chi connectivity index (χ2v) is 4.80. The molecule has 0 bridgehead atoms. The van der Waals surface area contributed by atoms with Gasteiger partial charge < -0.3 is 10.1 Å². The summed E-state index contributed by atoms with van der Waals surface area (Å²) in [5, 5.41) is 3.29. The van der Waals surface area contributed by atoms with Crippen LogP contribution in [-0.4, -0.2) is 25.5 Å². The van der Waals surface area contributed by atoms with E-state index >= 15 is 0 Å². The highest BCUT2D eigenvalue weighted by Gasteiger charge is 2.23. The number of piperidine rings is 1. The zero-order valence-electron chi connectivity index (χ0n) is 11.2. The first-order chi connectivity index (χ1) is 8.72. The fraction of sp³-hybridized carbons (Fsp3) is 0.533. The summed E-state index contributed by atoms with van der Waals surface area (Å²) in [5.41, 5.74) is 1.87. The lowest BCUT2D eigenvalue weighted by Gasteiger charge is -2.22. The van der Waals surface area contributed by atoms with Crippen LogP contribution < -0.4 is 10.1 Å². The Kier molecular flexibility index (Phi) is 4.37. The summed E-state index contributed by atoms with van der Waals surface area (Å²) >= 11 is 0. The molecule has 1 fully saturated rings. The molecule has 1 aliphatic heterocycles. The zero-order valence-corrected chi connectivity index (χ0v) is 11.2. The van der Waals surface area contributed by atoms with Gasteiger partial charge in [-0.1, -0.05) is 0 Å². The molecule has 0 unspecified atom stereocenters. The molecule has 1 N–H and O–H groups in total. The molecule has 0 spiro atoms. The molecule has 0 saturated carbocycles. The van der Waals surface area contributed by atoms with Crippen molar-refractivity contribution in [3.8, 4) is 5.75 Å². The van der Waals surface area contributed by atoms with Gasteiger partial charge in [0.1, 0.15) is 5.75 Å². The van der Waals surface area contributed by atoms with Gasteiger partial charge in [0.2, 0.25) is 0 Å². The maximum absolute atomic E-state index is 12.4. The Bertz CT molecular complexity index is 423. The average Bonchev–Trinajstić information content (AvgIpc) is 2.40. The maximum Gasteiger partial charge on any atom is 0.166 e. The molecule has 1 saturated heterocycles. The minimum Gasteiger partial charge on any atom is -0.494 e. The van der Waals surface area contributed by atoms with Crippen molar-refractivity contribution >= 4 is 5.78 Å². The summed E-state index contributed by atoms with van der Waals surface area (Å²) in [6.45, 7) is 6.50. The van der Waals surface area contributed by atoms with Crippen LogP contribution in [0.4, 0.5) is 0 Å². The molecule has 0 amide bonds. The van der Waals surface area contributed by atoms with Crippen molar-refractivity contribution in [1.29, 1.82) is 0 Å². The van der Waals surface area contributed by atoms with E-state index in [0.29, 0.717) is 6.61 Å². The molecule has 1 heterocycles. The highest BCUT2D eigenvalue weighted by Crippen LogP contribution is 2.23. The first-order valence-corrected chi connectivity index (χ1v) is 6.70. The number of nitrogens with one attached hydrogen (secondary N) is 1. The minimum atomic E-state index is 0.183. The second-order valence-electron chi connectivity index (χ2n) is 4.80. The van der Waals surface area contributed by atoms with Crippen LogP contribution in [0.25, 0.3) is 0 Å². The van der Waals surface area contributed by atoms with E-state index < -0.39 is 0 Å². The number of hydrogen-bond donors (Lipinski definition) is 1. The van der Waals surface area contributed by atoms with Crippen molar-refractivity contribution in [3.05, 3.63) is 29.3 Å². The molecule has 3 heteroatoms. The highest BCUT2D eigenvalue weighted by atomic mass is 16.5. The van der Waals surface area contributed by atoms with E-state index in [2.05, 4.69) is 5.32 Å². The van der Waals surface area contributed by atoms with E-state index in [-0.39, 0.29) is 11.7 Å². The van der Waals surface area contributed by atoms with Gasteiger partial charge in [0.25, 0.3) is 0 Å². The minimum absolute atomic E-state index is 0.183. The Labute approximate surface area is 109 Å². The molecular formula is C15H21NO2. The SMILES string of the molecule is CCOc1ccc(C(=O)C2CCNCC2)c(C)c1. The van der Waals surface area contributed by atoms with Crippen LogP contribution in [0.15, 0.2) is 18.2 Å². The third-order valence-electron chi connectivity index (χ3n) is 3.48. The number of carbonyl (C=O) groups is 1. The molecule has 0 aliphatic carbocycles. The fourth-order valence-electron chi connectivity index (χ4n) is 2.47. The van der Waals surface area contributed by atoms with Gasteiger partial charge in [-0.25, -0.2) is 0 Å². The lowest BCUT2D eigenvalue weighted by Crippen LogP contribution is -2.32. The second kappa shape index (κ2) is 6.01. The molecule has 3 nitrogen and oxygen atoms in total. The van der Waals surface area contributed by atoms with Crippen LogP contribution in [0, 0.1) is 12.8 Å². The summed E-state index contributed by atoms with van der Waals surface area (Å²) < 4.78 is 5.45. The van der Waals surface area contributed by atoms with Gasteiger partial charge in [-0.15, -0.1) is 0 Å². The van der Waals surface area contributed by atoms with Gasteiger partial charge >= 0.3 is 0 Å². The quantitative estimate of drug-likeness (QED) is 0.831. The topological polar surface area (TPSA) is 38.3 Å². The number of hydrogen-bond acceptors (Lipinski definition) is 3. The van der Waals surface area contributed by atoms with Gasteiger partial charge in [0, 0.05) is 11.5 Å². The first kappa shape index (κ1) is 13.1. The fourth-order valence-corrected chi connectivity index (χ4v) is 2.47. The monoisotopic (exact) mass is 247 g/mol. The van der Waals surface area contributed by atoms with Crippen LogP contribution in [0.1, 0.15) is 35.7 Å². The summed E-state index contributed by atoms with van der Waals surface area (Å²) in [6, 6.07) is 5.76. The van der Waals surface area contributed by atoms with E-state index in [1.807, 2.05) is 32.0 Å². The van der Waals surface area contributed by atoms with Crippen molar-refractivity contribution in [2.75, 3.05) is 19.7 Å². The number of benzene rings is 1. The van der Waals surface area contributed by atoms with Gasteiger partial charge in [-0.2, -0.15) is 0 Å². The number of ether oxygens (including phenoxy) is 1. The third-order valence-corrected chi connectivity index (χ3v) is 3.48. The lowest BCUT2D eigenvalue weighted by molar-refractivity contribution is 0.0894. The van der Waals surface area contributed by atoms with Crippen molar-refractivity contribution < 1.29 is 9.53 Å². The number of ketones is 1. The molecule has 18 heavy (non-hydrogen) atoms. The molecule has 0 atom stereocenters. The smallest absolute Gasteiger partial charge is 0.166 e. The van der Waals surface area contributed by atoms with Gasteiger partial charge in [0.05, 0.1) is 6.61 Å². The summed E-state index contributed by atoms with van der Waals surface area (Å²) in [4.78, 5) is 12.4. The molecule has 2 rings (SSSR count). The van der Waals surface area contributed by atoms with Gasteiger partial charge in [-0.3, -0.25) is 4.79 Å². The number of aryl methyl sites for hydroxylation is 1. The summed E-state index contributed by atoms with van der Waals surface area (Å²) in [5.74, 6) is 1.32. The molecule has 1 aromatic rings. The Morgan fingerprint density at radius 2 is 2.11 bits per heavy atom. The Balaban J connectivity index is 2.14. The van der Waals surface area contributed by atoms with Crippen LogP contribution in [-0.2, 0) is 0 Å². The lowest BCUT2D eigenvalue weighted by atomic mass is 9.88. The van der Waals surface area contributed by atoms with Crippen molar-refractivity contribution in [2.24, 2.45) is 5.92 Å². The van der Waals surface area contributed by atoms with E-state index in [1.165, 1.54) is 0 Å². The predicted octanol–water partition coefficient (Wildman–Crippen LogP) is 2.58. The molecular weight excluding hydrogens is 226 g/mol. The van der Waals surface area contributed by atoms with Gasteiger partial charge in [-0.05, 0) is 63.5 Å². The van der Waals surface area contributed by atoms with E-state index in [9.17, 15) is 4.79 Å². The summed E-state index contributed by atoms with van der Waals surface area (Å²) in [6.07, 6.45) is 1.90. The van der Waals surface area contributed by atoms with Crippen LogP contribution in [0.2, 0.25) is 0 Å². The van der Waals surface area contributed by atoms with Crippen molar-refractivity contribution in [2.45, 2.75) is 26.7 Å². The van der Waals surface area contributed by atoms with Gasteiger partial charge in [0.15, 0.2) is 5.78 Å². The average molecular weight is 247 g/mol. The largest absolute Gasteiger partial charge is 0.494 e. The predicted molar refractivity (Wildman–Crippen MR) is 72.3 cm³/mol. The van der Waals surface area contributed by atoms with Crippen molar-refractivity contribution in [3.63, 3.8) is 0 Å². The highest BCUT2D eigenvalue weighted by molar-refractivity contribution is 5.99. The number of carbonyl (C=O) groups excluding carboxylic acids is 1. The Morgan fingerprint density at radius 1 is 1.39 bits per heavy atom. The van der Waals surface area contributed by atoms with Crippen LogP contribution in [0.5, 0.6) is 5.75 Å². The number of rotatable bonds is 4. The van der Waals surface area contributed by atoms with Crippen LogP contribution >= 0.6 is 0 Å². The van der Waals surface area contributed by atoms with Crippen molar-refractivity contribution in [1.82, 2.24) is 5.32 Å². The van der Waals surface area contributed by atoms with E-state index in [0.717, 1.165) is 42.8 Å². The molecule has 0 radical (unpaired) electrons. The van der Waals surface area contributed by atoms with Crippen LogP contribution in [0.3, 0.4) is 0 Å². The standard InChI is InChI=1S/C15H21NO2/c1-3-18-13-4-5-14(11(2)10-13)15(17)12-6-8-16-9-7-12/h4-5,10,12,16H,3,6-9H2,1-2H3. The Morgan fingerprint density at radius 3 is 2.72 bits per heavy atom. The normalized spacial score (nSPS) is 16.6. The third kappa shape index (κ3) is 2.91. The molecule has 98 valence electrons. The molecule has 1 aromatic carbocycles. The molecule has 0 aromatic heterocycles. The summed E-state index contributed by atoms with van der Waals surface area (Å²) in [7, 11) is 0. The Hall–Kier alpha value is -1.35. The van der Waals surface area contributed by atoms with E-state index in [4.69, 9.17) is 4.74 Å².